The van der Waals surface area contributed by atoms with Crippen LogP contribution in [0.3, 0.4) is 0 Å². The SMILES string of the molecule is CCN(CC)CCN(C(=O)CN1C(=O)c2ccccc2C1=O)c1nc2c(C)cc(Cl)cc2s1. The molecule has 3 amide bonds. The number of thiazole rings is 1. The number of aromatic nitrogens is 1. The molecule has 33 heavy (non-hydrogen) atoms. The molecular formula is C24H25ClN4O3S. The first-order chi connectivity index (χ1) is 15.8. The van der Waals surface area contributed by atoms with Gasteiger partial charge in [-0.05, 0) is 49.8 Å². The minimum Gasteiger partial charge on any atom is -0.302 e. The molecule has 0 N–H and O–H groups in total. The molecule has 3 aromatic rings. The number of nitrogens with zero attached hydrogens (tertiary/aromatic N) is 4. The summed E-state index contributed by atoms with van der Waals surface area (Å²) in [6.45, 7) is 8.48. The van der Waals surface area contributed by atoms with Gasteiger partial charge >= 0.3 is 0 Å². The molecule has 0 saturated heterocycles. The maximum absolute atomic E-state index is 13.5. The molecule has 2 aromatic carbocycles. The van der Waals surface area contributed by atoms with E-state index in [1.54, 1.807) is 29.2 Å². The Balaban J connectivity index is 1.64. The van der Waals surface area contributed by atoms with Crippen LogP contribution in [0, 0.1) is 6.92 Å². The van der Waals surface area contributed by atoms with Crippen molar-refractivity contribution in [2.45, 2.75) is 20.8 Å². The summed E-state index contributed by atoms with van der Waals surface area (Å²) in [4.78, 5) is 48.6. The Kier molecular flexibility index (Phi) is 6.78. The number of anilines is 1. The van der Waals surface area contributed by atoms with E-state index in [0.29, 0.717) is 34.4 Å². The number of likely N-dealkylation sites (N-methyl/N-ethyl adjacent to an activating group) is 1. The molecule has 172 valence electrons. The van der Waals surface area contributed by atoms with Gasteiger partial charge in [0.15, 0.2) is 5.13 Å². The molecule has 2 heterocycles. The monoisotopic (exact) mass is 484 g/mol. The second-order valence-electron chi connectivity index (χ2n) is 7.88. The molecular weight excluding hydrogens is 460 g/mol. The minimum absolute atomic E-state index is 0.329. The highest BCUT2D eigenvalue weighted by molar-refractivity contribution is 7.22. The fraction of sp³-hybridized carbons (Fsp3) is 0.333. The van der Waals surface area contributed by atoms with Crippen molar-refractivity contribution in [2.75, 3.05) is 37.6 Å². The number of rotatable bonds is 8. The van der Waals surface area contributed by atoms with Crippen LogP contribution in [-0.2, 0) is 4.79 Å². The van der Waals surface area contributed by atoms with E-state index in [2.05, 4.69) is 18.7 Å². The van der Waals surface area contributed by atoms with Gasteiger partial charge in [-0.3, -0.25) is 24.2 Å². The largest absolute Gasteiger partial charge is 0.302 e. The van der Waals surface area contributed by atoms with Crippen LogP contribution >= 0.6 is 22.9 Å². The summed E-state index contributed by atoms with van der Waals surface area (Å²) >= 11 is 7.59. The van der Waals surface area contributed by atoms with Crippen LogP contribution in [0.15, 0.2) is 36.4 Å². The second kappa shape index (κ2) is 9.59. The number of halogens is 1. The summed E-state index contributed by atoms with van der Waals surface area (Å²) in [5.41, 5.74) is 2.38. The molecule has 0 spiro atoms. The zero-order valence-corrected chi connectivity index (χ0v) is 20.4. The van der Waals surface area contributed by atoms with Gasteiger partial charge in [0.05, 0.1) is 21.3 Å². The quantitative estimate of drug-likeness (QED) is 0.447. The van der Waals surface area contributed by atoms with Crippen molar-refractivity contribution in [1.82, 2.24) is 14.8 Å². The number of fused-ring (bicyclic) bond motifs is 2. The lowest BCUT2D eigenvalue weighted by molar-refractivity contribution is -0.119. The van der Waals surface area contributed by atoms with E-state index in [9.17, 15) is 14.4 Å². The summed E-state index contributed by atoms with van der Waals surface area (Å²) in [5.74, 6) is -1.24. The molecule has 0 unspecified atom stereocenters. The first-order valence-corrected chi connectivity index (χ1v) is 12.1. The smallest absolute Gasteiger partial charge is 0.262 e. The fourth-order valence-corrected chi connectivity index (χ4v) is 5.43. The van der Waals surface area contributed by atoms with Gasteiger partial charge in [0, 0.05) is 18.1 Å². The van der Waals surface area contributed by atoms with Crippen LogP contribution in [0.2, 0.25) is 5.02 Å². The van der Waals surface area contributed by atoms with Gasteiger partial charge in [0.2, 0.25) is 5.91 Å². The predicted octanol–water partition coefficient (Wildman–Crippen LogP) is 4.23. The first-order valence-electron chi connectivity index (χ1n) is 10.9. The predicted molar refractivity (Wildman–Crippen MR) is 131 cm³/mol. The number of aryl methyl sites for hydroxylation is 1. The lowest BCUT2D eigenvalue weighted by atomic mass is 10.1. The number of imide groups is 1. The highest BCUT2D eigenvalue weighted by Crippen LogP contribution is 2.33. The Hall–Kier alpha value is -2.81. The Morgan fingerprint density at radius 2 is 1.70 bits per heavy atom. The highest BCUT2D eigenvalue weighted by atomic mass is 35.5. The number of carbonyl (C=O) groups excluding carboxylic acids is 3. The van der Waals surface area contributed by atoms with Crippen LogP contribution in [0.5, 0.6) is 0 Å². The molecule has 0 bridgehead atoms. The van der Waals surface area contributed by atoms with Crippen molar-refractivity contribution in [2.24, 2.45) is 0 Å². The van der Waals surface area contributed by atoms with Crippen molar-refractivity contribution >= 4 is 56.0 Å². The first kappa shape index (κ1) is 23.4. The number of amides is 3. The third-order valence-electron chi connectivity index (χ3n) is 5.88. The van der Waals surface area contributed by atoms with E-state index < -0.39 is 11.8 Å². The van der Waals surface area contributed by atoms with Gasteiger partial charge in [0.25, 0.3) is 11.8 Å². The van der Waals surface area contributed by atoms with Crippen LogP contribution in [0.1, 0.15) is 40.1 Å². The number of hydrogen-bond acceptors (Lipinski definition) is 6. The summed E-state index contributed by atoms with van der Waals surface area (Å²) in [6, 6.07) is 10.3. The van der Waals surface area contributed by atoms with Crippen molar-refractivity contribution in [3.05, 3.63) is 58.1 Å². The zero-order valence-electron chi connectivity index (χ0n) is 18.8. The van der Waals surface area contributed by atoms with Crippen LogP contribution in [-0.4, -0.2) is 65.2 Å². The lowest BCUT2D eigenvalue weighted by Gasteiger charge is -2.26. The summed E-state index contributed by atoms with van der Waals surface area (Å²) in [5, 5.41) is 1.14. The van der Waals surface area contributed by atoms with Gasteiger partial charge in [-0.1, -0.05) is 48.9 Å². The van der Waals surface area contributed by atoms with Crippen LogP contribution in [0.4, 0.5) is 5.13 Å². The average Bonchev–Trinajstić information content (AvgIpc) is 3.32. The summed E-state index contributed by atoms with van der Waals surface area (Å²) in [7, 11) is 0. The number of hydrogen-bond donors (Lipinski definition) is 0. The third kappa shape index (κ3) is 4.51. The number of carbonyl (C=O) groups is 3. The van der Waals surface area contributed by atoms with E-state index in [4.69, 9.17) is 16.6 Å². The molecule has 1 aliphatic heterocycles. The van der Waals surface area contributed by atoms with Gasteiger partial charge in [0.1, 0.15) is 6.54 Å². The highest BCUT2D eigenvalue weighted by Gasteiger charge is 2.37. The molecule has 7 nitrogen and oxygen atoms in total. The second-order valence-corrected chi connectivity index (χ2v) is 9.33. The van der Waals surface area contributed by atoms with Crippen molar-refractivity contribution < 1.29 is 14.4 Å². The van der Waals surface area contributed by atoms with Gasteiger partial charge < -0.3 is 4.90 Å². The Labute approximate surface area is 201 Å². The molecule has 1 aliphatic rings. The third-order valence-corrected chi connectivity index (χ3v) is 7.12. The Morgan fingerprint density at radius 1 is 1.06 bits per heavy atom. The molecule has 9 heteroatoms. The van der Waals surface area contributed by atoms with Crippen molar-refractivity contribution in [1.29, 1.82) is 0 Å². The number of benzene rings is 2. The Bertz CT molecular complexity index is 1200. The maximum atomic E-state index is 13.5. The fourth-order valence-electron chi connectivity index (χ4n) is 3.97. The molecule has 0 aliphatic carbocycles. The lowest BCUT2D eigenvalue weighted by Crippen LogP contribution is -2.45. The maximum Gasteiger partial charge on any atom is 0.262 e. The van der Waals surface area contributed by atoms with Crippen molar-refractivity contribution in [3.63, 3.8) is 0 Å². The standard InChI is InChI=1S/C24H25ClN4O3S/c1-4-27(5-2)10-11-28(24-26-21-15(3)12-16(25)13-19(21)33-24)20(30)14-29-22(31)17-8-6-7-9-18(17)23(29)32/h6-9,12-13H,4-5,10-11,14H2,1-3H3. The summed E-state index contributed by atoms with van der Waals surface area (Å²) in [6.07, 6.45) is 0. The van der Waals surface area contributed by atoms with E-state index in [-0.39, 0.29) is 12.5 Å². The topological polar surface area (TPSA) is 73.8 Å². The minimum atomic E-state index is -0.445. The Morgan fingerprint density at radius 3 is 2.30 bits per heavy atom. The van der Waals surface area contributed by atoms with E-state index in [1.165, 1.54) is 11.3 Å². The van der Waals surface area contributed by atoms with Crippen molar-refractivity contribution in [3.8, 4) is 0 Å². The molecule has 0 fully saturated rings. The molecule has 4 rings (SSSR count). The molecule has 0 atom stereocenters. The van der Waals surface area contributed by atoms with Gasteiger partial charge in [-0.25, -0.2) is 4.98 Å². The average molecular weight is 485 g/mol. The molecule has 0 radical (unpaired) electrons. The van der Waals surface area contributed by atoms with Crippen LogP contribution in [0.25, 0.3) is 10.2 Å². The van der Waals surface area contributed by atoms with Gasteiger partial charge in [-0.2, -0.15) is 0 Å². The van der Waals surface area contributed by atoms with E-state index >= 15 is 0 Å². The molecule has 1 aromatic heterocycles. The van der Waals surface area contributed by atoms with Crippen LogP contribution < -0.4 is 4.90 Å². The normalized spacial score (nSPS) is 13.3. The van der Waals surface area contributed by atoms with E-state index in [1.807, 2.05) is 19.1 Å². The summed E-state index contributed by atoms with van der Waals surface area (Å²) < 4.78 is 0.886. The van der Waals surface area contributed by atoms with Gasteiger partial charge in [-0.15, -0.1) is 0 Å². The van der Waals surface area contributed by atoms with E-state index in [0.717, 1.165) is 33.8 Å². The molecule has 0 saturated carbocycles. The zero-order chi connectivity index (χ0) is 23.7.